The summed E-state index contributed by atoms with van der Waals surface area (Å²) in [4.78, 5) is 0. The lowest BCUT2D eigenvalue weighted by molar-refractivity contribution is -0.0588. The molecule has 0 aromatic heterocycles. The number of halogens is 2. The van der Waals surface area contributed by atoms with Crippen molar-refractivity contribution < 1.29 is 22.9 Å². The highest BCUT2D eigenvalue weighted by Crippen LogP contribution is 2.66. The van der Waals surface area contributed by atoms with Crippen molar-refractivity contribution in [1.82, 2.24) is 0 Å². The number of hydrogen-bond acceptors (Lipinski definition) is 4. The molecule has 0 heterocycles. The Morgan fingerprint density at radius 3 is 2.11 bits per heavy atom. The smallest absolute Gasteiger partial charge is 0.349 e. The van der Waals surface area contributed by atoms with Crippen LogP contribution >= 0.6 is 6.49 Å². The van der Waals surface area contributed by atoms with Crippen molar-refractivity contribution in [3.8, 4) is 0 Å². The summed E-state index contributed by atoms with van der Waals surface area (Å²) in [7, 11) is 0. The molecule has 7 heteroatoms. The summed E-state index contributed by atoms with van der Waals surface area (Å²) in [6.45, 7) is -0.756. The molecule has 1 aromatic rings. The Morgan fingerprint density at radius 2 is 1.68 bits per heavy atom. The molecule has 0 aliphatic rings. The summed E-state index contributed by atoms with van der Waals surface area (Å²) >= 11 is 4.87. The molecule has 3 nitrogen and oxygen atoms in total. The van der Waals surface area contributed by atoms with Crippen LogP contribution < -0.4 is 0 Å². The molecule has 1 N–H and O–H groups in total. The van der Waals surface area contributed by atoms with E-state index in [1.165, 1.54) is 12.1 Å². The molecule has 0 spiro atoms. The van der Waals surface area contributed by atoms with E-state index in [0.717, 1.165) is 0 Å². The predicted molar refractivity (Wildman–Crippen MR) is 73.9 cm³/mol. The fraction of sp³-hybridized carbons (Fsp3) is 0.500. The molecule has 1 rings (SSSR count). The fourth-order valence-corrected chi connectivity index (χ4v) is 4.01. The molecule has 0 aliphatic heterocycles. The van der Waals surface area contributed by atoms with Crippen LogP contribution in [0.3, 0.4) is 0 Å². The average molecular weight is 310 g/mol. The van der Waals surface area contributed by atoms with E-state index in [0.29, 0.717) is 0 Å². The number of hydrogen-bond donors (Lipinski definition) is 1. The van der Waals surface area contributed by atoms with Gasteiger partial charge in [0, 0.05) is 0 Å². The zero-order valence-corrected chi connectivity index (χ0v) is 12.5. The Hall–Kier alpha value is -0.390. The largest absolute Gasteiger partial charge is 0.381 e. The molecule has 0 radical (unpaired) electrons. The summed E-state index contributed by atoms with van der Waals surface area (Å²) in [6.07, 6.45) is -2.04. The topological polar surface area (TPSA) is 38.7 Å². The lowest BCUT2D eigenvalue weighted by Gasteiger charge is -2.32. The van der Waals surface area contributed by atoms with E-state index in [9.17, 15) is 13.9 Å². The highest BCUT2D eigenvalue weighted by atomic mass is 32.5. The number of aliphatic hydroxyl groups is 1. The number of alkyl halides is 2. The van der Waals surface area contributed by atoms with Gasteiger partial charge in [-0.05, 0) is 31.2 Å². The Balaban J connectivity index is 3.09. The molecule has 0 fully saturated rings. The van der Waals surface area contributed by atoms with Crippen LogP contribution in [0.5, 0.6) is 0 Å². The summed E-state index contributed by atoms with van der Waals surface area (Å²) in [5.41, 5.74) is -3.56. The summed E-state index contributed by atoms with van der Waals surface area (Å²) in [5.74, 6) is 0. The minimum absolute atomic E-state index is 0.00831. The van der Waals surface area contributed by atoms with Crippen LogP contribution in [0.25, 0.3) is 0 Å². The lowest BCUT2D eigenvalue weighted by atomic mass is 10.1. The molecule has 0 bridgehead atoms. The average Bonchev–Trinajstić information content (AvgIpc) is 2.39. The molecular formula is C12H17F2O3PS. The van der Waals surface area contributed by atoms with Gasteiger partial charge in [-0.15, -0.1) is 0 Å². The molecular weight excluding hydrogens is 293 g/mol. The predicted octanol–water partition coefficient (Wildman–Crippen LogP) is 3.70. The van der Waals surface area contributed by atoms with E-state index < -0.39 is 18.3 Å². The van der Waals surface area contributed by atoms with Crippen molar-refractivity contribution in [3.05, 3.63) is 35.9 Å². The van der Waals surface area contributed by atoms with E-state index in [1.807, 2.05) is 0 Å². The number of benzene rings is 1. The first-order chi connectivity index (χ1) is 8.89. The van der Waals surface area contributed by atoms with Gasteiger partial charge >= 0.3 is 5.66 Å². The van der Waals surface area contributed by atoms with Gasteiger partial charge in [-0.3, -0.25) is 0 Å². The molecule has 0 saturated heterocycles. The van der Waals surface area contributed by atoms with Crippen molar-refractivity contribution in [1.29, 1.82) is 0 Å². The fourth-order valence-electron chi connectivity index (χ4n) is 1.53. The van der Waals surface area contributed by atoms with Gasteiger partial charge in [0.05, 0.1) is 13.2 Å². The SMILES string of the molecule is CCOP(=S)(OCC)C(F)(F)C(O)c1ccccc1. The van der Waals surface area contributed by atoms with Crippen molar-refractivity contribution in [2.75, 3.05) is 13.2 Å². The Labute approximate surface area is 116 Å². The van der Waals surface area contributed by atoms with Gasteiger partial charge in [0.1, 0.15) is 0 Å². The highest BCUT2D eigenvalue weighted by molar-refractivity contribution is 8.10. The first kappa shape index (κ1) is 16.7. The summed E-state index contributed by atoms with van der Waals surface area (Å²) in [5, 5.41) is 9.89. The maximum atomic E-state index is 14.4. The second-order valence-electron chi connectivity index (χ2n) is 3.73. The standard InChI is InChI=1S/C12H17F2O3PS/c1-3-16-18(19,17-4-2)12(13,14)11(15)10-8-6-5-7-9-10/h5-9,11,15H,3-4H2,1-2H3. The minimum atomic E-state index is -3.89. The molecule has 1 aromatic carbocycles. The van der Waals surface area contributed by atoms with Gasteiger partial charge < -0.3 is 14.2 Å². The van der Waals surface area contributed by atoms with Crippen molar-refractivity contribution >= 4 is 18.3 Å². The van der Waals surface area contributed by atoms with Gasteiger partial charge in [-0.1, -0.05) is 30.3 Å². The minimum Gasteiger partial charge on any atom is -0.381 e. The Kier molecular flexibility index (Phi) is 6.02. The monoisotopic (exact) mass is 310 g/mol. The first-order valence-electron chi connectivity index (χ1n) is 5.89. The van der Waals surface area contributed by atoms with E-state index in [2.05, 4.69) is 0 Å². The quantitative estimate of drug-likeness (QED) is 0.780. The Bertz CT molecular complexity index is 432. The van der Waals surface area contributed by atoms with Crippen molar-refractivity contribution in [3.63, 3.8) is 0 Å². The van der Waals surface area contributed by atoms with Crippen LogP contribution in [0, 0.1) is 0 Å². The van der Waals surface area contributed by atoms with Gasteiger partial charge in [-0.2, -0.15) is 8.78 Å². The van der Waals surface area contributed by atoms with E-state index in [-0.39, 0.29) is 18.8 Å². The number of aliphatic hydroxyl groups excluding tert-OH is 1. The van der Waals surface area contributed by atoms with E-state index in [1.54, 1.807) is 32.0 Å². The second kappa shape index (κ2) is 6.86. The zero-order chi connectivity index (χ0) is 14.5. The zero-order valence-electron chi connectivity index (χ0n) is 10.8. The summed E-state index contributed by atoms with van der Waals surface area (Å²) < 4.78 is 38.7. The Morgan fingerprint density at radius 1 is 1.21 bits per heavy atom. The van der Waals surface area contributed by atoms with Gasteiger partial charge in [0.25, 0.3) is 6.49 Å². The molecule has 0 amide bonds. The van der Waals surface area contributed by atoms with E-state index >= 15 is 0 Å². The van der Waals surface area contributed by atoms with E-state index in [4.69, 9.17) is 20.9 Å². The van der Waals surface area contributed by atoms with Crippen LogP contribution in [-0.4, -0.2) is 24.0 Å². The van der Waals surface area contributed by atoms with Crippen LogP contribution in [0.15, 0.2) is 30.3 Å². The van der Waals surface area contributed by atoms with Crippen LogP contribution in [0.2, 0.25) is 0 Å². The third-order valence-corrected chi connectivity index (χ3v) is 5.94. The molecule has 1 unspecified atom stereocenters. The normalized spacial score (nSPS) is 14.4. The van der Waals surface area contributed by atoms with Crippen LogP contribution in [0.4, 0.5) is 8.78 Å². The maximum Gasteiger partial charge on any atom is 0.349 e. The maximum absolute atomic E-state index is 14.4. The molecule has 0 aliphatic carbocycles. The summed E-state index contributed by atoms with van der Waals surface area (Å²) in [6, 6.07) is 7.64. The van der Waals surface area contributed by atoms with Crippen molar-refractivity contribution in [2.24, 2.45) is 0 Å². The van der Waals surface area contributed by atoms with Gasteiger partial charge in [0.15, 0.2) is 6.10 Å². The van der Waals surface area contributed by atoms with Gasteiger partial charge in [0.2, 0.25) is 0 Å². The van der Waals surface area contributed by atoms with Crippen LogP contribution in [0.1, 0.15) is 25.5 Å². The molecule has 1 atom stereocenters. The molecule has 0 saturated carbocycles. The lowest BCUT2D eigenvalue weighted by Crippen LogP contribution is -2.28. The van der Waals surface area contributed by atoms with Gasteiger partial charge in [-0.25, -0.2) is 0 Å². The highest BCUT2D eigenvalue weighted by Gasteiger charge is 2.54. The van der Waals surface area contributed by atoms with Crippen LogP contribution in [-0.2, 0) is 20.9 Å². The first-order valence-corrected chi connectivity index (χ1v) is 8.53. The molecule has 19 heavy (non-hydrogen) atoms. The van der Waals surface area contributed by atoms with Crippen molar-refractivity contribution in [2.45, 2.75) is 25.6 Å². The third-order valence-electron chi connectivity index (χ3n) is 2.41. The number of rotatable bonds is 7. The second-order valence-corrected chi connectivity index (χ2v) is 7.28. The third kappa shape index (κ3) is 3.58. The molecule has 108 valence electrons.